The predicted molar refractivity (Wildman–Crippen MR) is 114 cm³/mol. The third-order valence-electron chi connectivity index (χ3n) is 5.55. The molecular formula is C22H28N6O. The van der Waals surface area contributed by atoms with Crippen LogP contribution in [0.4, 0.5) is 5.82 Å². The first kappa shape index (κ1) is 19.4. The normalized spacial score (nSPS) is 15.9. The summed E-state index contributed by atoms with van der Waals surface area (Å²) in [6.07, 6.45) is 1.76. The molecule has 0 aliphatic carbocycles. The maximum absolute atomic E-state index is 13.1. The Labute approximate surface area is 171 Å². The van der Waals surface area contributed by atoms with Gasteiger partial charge >= 0.3 is 0 Å². The van der Waals surface area contributed by atoms with Gasteiger partial charge in [-0.3, -0.25) is 4.79 Å². The molecule has 29 heavy (non-hydrogen) atoms. The van der Waals surface area contributed by atoms with E-state index in [-0.39, 0.29) is 11.9 Å². The summed E-state index contributed by atoms with van der Waals surface area (Å²) in [5.74, 6) is 2.26. The van der Waals surface area contributed by atoms with Crippen molar-refractivity contribution in [2.75, 3.05) is 31.1 Å². The number of aryl methyl sites for hydroxylation is 1. The molecule has 1 aliphatic heterocycles. The summed E-state index contributed by atoms with van der Waals surface area (Å²) in [4.78, 5) is 31.0. The molecule has 0 N–H and O–H groups in total. The van der Waals surface area contributed by atoms with Gasteiger partial charge in [-0.15, -0.1) is 0 Å². The number of carbonyl (C=O) groups excluding carboxylic acids is 1. The van der Waals surface area contributed by atoms with Gasteiger partial charge in [0.1, 0.15) is 17.7 Å². The number of benzene rings is 1. The fourth-order valence-electron chi connectivity index (χ4n) is 3.82. The van der Waals surface area contributed by atoms with Crippen LogP contribution in [0.5, 0.6) is 0 Å². The van der Waals surface area contributed by atoms with Gasteiger partial charge in [-0.2, -0.15) is 0 Å². The van der Waals surface area contributed by atoms with Gasteiger partial charge in [0.05, 0.1) is 17.4 Å². The summed E-state index contributed by atoms with van der Waals surface area (Å²) in [6, 6.07) is 9.67. The van der Waals surface area contributed by atoms with Gasteiger partial charge in [-0.1, -0.05) is 26.0 Å². The average Bonchev–Trinajstić information content (AvgIpc) is 3.16. The van der Waals surface area contributed by atoms with Crippen LogP contribution in [-0.2, 0) is 4.79 Å². The number of anilines is 1. The third kappa shape index (κ3) is 3.81. The number of rotatable bonds is 4. The lowest BCUT2D eigenvalue weighted by atomic mass is 10.2. The van der Waals surface area contributed by atoms with E-state index in [0.717, 1.165) is 41.5 Å². The number of aromatic nitrogens is 4. The Kier molecular flexibility index (Phi) is 5.22. The lowest BCUT2D eigenvalue weighted by molar-refractivity contribution is -0.134. The van der Waals surface area contributed by atoms with Crippen LogP contribution in [-0.4, -0.2) is 56.5 Å². The molecule has 3 aromatic rings. The zero-order valence-electron chi connectivity index (χ0n) is 17.5. The molecule has 4 rings (SSSR count). The molecule has 152 valence electrons. The van der Waals surface area contributed by atoms with Gasteiger partial charge in [-0.25, -0.2) is 15.0 Å². The van der Waals surface area contributed by atoms with Crippen molar-refractivity contribution < 1.29 is 4.79 Å². The lowest BCUT2D eigenvalue weighted by Crippen LogP contribution is -2.50. The highest BCUT2D eigenvalue weighted by Gasteiger charge is 2.27. The molecule has 1 amide bonds. The summed E-state index contributed by atoms with van der Waals surface area (Å²) in [5, 5.41) is 0. The van der Waals surface area contributed by atoms with Gasteiger partial charge in [0.25, 0.3) is 0 Å². The number of amides is 1. The van der Waals surface area contributed by atoms with Crippen LogP contribution in [0.1, 0.15) is 44.2 Å². The Hall–Kier alpha value is -2.96. The fourth-order valence-corrected chi connectivity index (χ4v) is 3.82. The van der Waals surface area contributed by atoms with Crippen molar-refractivity contribution >= 4 is 22.8 Å². The first-order chi connectivity index (χ1) is 13.9. The van der Waals surface area contributed by atoms with Crippen LogP contribution < -0.4 is 4.90 Å². The molecule has 1 aromatic carbocycles. The highest BCUT2D eigenvalue weighted by molar-refractivity contribution is 5.83. The molecule has 1 saturated heterocycles. The molecule has 0 saturated carbocycles. The zero-order valence-corrected chi connectivity index (χ0v) is 17.5. The van der Waals surface area contributed by atoms with E-state index in [2.05, 4.69) is 28.7 Å². The first-order valence-corrected chi connectivity index (χ1v) is 10.2. The molecule has 1 fully saturated rings. The van der Waals surface area contributed by atoms with E-state index in [9.17, 15) is 4.79 Å². The van der Waals surface area contributed by atoms with Crippen molar-refractivity contribution in [3.63, 3.8) is 0 Å². The highest BCUT2D eigenvalue weighted by Crippen LogP contribution is 2.22. The Bertz CT molecular complexity index is 1020. The molecule has 3 heterocycles. The second kappa shape index (κ2) is 7.81. The molecular weight excluding hydrogens is 364 g/mol. The monoisotopic (exact) mass is 392 g/mol. The SMILES string of the molecule is Cc1cc(N2CCN(C(=O)C(C)n3cnc4ccccc43)CC2)nc(C(C)C)n1. The predicted octanol–water partition coefficient (Wildman–Crippen LogP) is 3.17. The molecule has 7 heteroatoms. The topological polar surface area (TPSA) is 67.2 Å². The number of piperazine rings is 1. The molecule has 7 nitrogen and oxygen atoms in total. The van der Waals surface area contributed by atoms with Crippen molar-refractivity contribution in [2.45, 2.75) is 39.7 Å². The Balaban J connectivity index is 1.45. The van der Waals surface area contributed by atoms with Crippen LogP contribution in [0.15, 0.2) is 36.7 Å². The number of carbonyl (C=O) groups is 1. The fraction of sp³-hybridized carbons (Fsp3) is 0.455. The second-order valence-corrected chi connectivity index (χ2v) is 8.01. The van der Waals surface area contributed by atoms with Crippen molar-refractivity contribution in [1.29, 1.82) is 0 Å². The van der Waals surface area contributed by atoms with Crippen LogP contribution in [0, 0.1) is 6.92 Å². The van der Waals surface area contributed by atoms with Crippen LogP contribution in [0.2, 0.25) is 0 Å². The quantitative estimate of drug-likeness (QED) is 0.682. The van der Waals surface area contributed by atoms with E-state index in [1.807, 2.05) is 53.6 Å². The van der Waals surface area contributed by atoms with E-state index in [4.69, 9.17) is 4.98 Å². The zero-order chi connectivity index (χ0) is 20.5. The molecule has 1 unspecified atom stereocenters. The smallest absolute Gasteiger partial charge is 0.245 e. The van der Waals surface area contributed by atoms with Crippen molar-refractivity contribution in [1.82, 2.24) is 24.4 Å². The minimum absolute atomic E-state index is 0.134. The molecule has 1 aliphatic rings. The van der Waals surface area contributed by atoms with E-state index < -0.39 is 0 Å². The maximum atomic E-state index is 13.1. The number of hydrogen-bond donors (Lipinski definition) is 0. The number of hydrogen-bond acceptors (Lipinski definition) is 5. The standard InChI is InChI=1S/C22H28N6O/c1-15(2)21-24-16(3)13-20(25-21)26-9-11-27(12-10-26)22(29)17(4)28-14-23-18-7-5-6-8-19(18)28/h5-8,13-15,17H,9-12H2,1-4H3. The van der Waals surface area contributed by atoms with Crippen LogP contribution >= 0.6 is 0 Å². The Morgan fingerprint density at radius 2 is 1.76 bits per heavy atom. The van der Waals surface area contributed by atoms with E-state index in [0.29, 0.717) is 19.0 Å². The van der Waals surface area contributed by atoms with Gasteiger partial charge < -0.3 is 14.4 Å². The minimum atomic E-state index is -0.275. The summed E-state index contributed by atoms with van der Waals surface area (Å²) >= 11 is 0. The molecule has 0 bridgehead atoms. The molecule has 2 aromatic heterocycles. The number of para-hydroxylation sites is 2. The third-order valence-corrected chi connectivity index (χ3v) is 5.55. The van der Waals surface area contributed by atoms with Crippen molar-refractivity contribution in [2.24, 2.45) is 0 Å². The number of fused-ring (bicyclic) bond motifs is 1. The van der Waals surface area contributed by atoms with Gasteiger partial charge in [-0.05, 0) is 26.0 Å². The summed E-state index contributed by atoms with van der Waals surface area (Å²) < 4.78 is 1.97. The first-order valence-electron chi connectivity index (χ1n) is 10.2. The Morgan fingerprint density at radius 3 is 2.48 bits per heavy atom. The average molecular weight is 393 g/mol. The molecule has 1 atom stereocenters. The molecule has 0 radical (unpaired) electrons. The van der Waals surface area contributed by atoms with Gasteiger partial charge in [0.2, 0.25) is 5.91 Å². The van der Waals surface area contributed by atoms with Crippen molar-refractivity contribution in [3.05, 3.63) is 48.2 Å². The van der Waals surface area contributed by atoms with E-state index in [1.165, 1.54) is 0 Å². The van der Waals surface area contributed by atoms with E-state index in [1.54, 1.807) is 6.33 Å². The van der Waals surface area contributed by atoms with Crippen LogP contribution in [0.3, 0.4) is 0 Å². The molecule has 0 spiro atoms. The van der Waals surface area contributed by atoms with Crippen molar-refractivity contribution in [3.8, 4) is 0 Å². The largest absolute Gasteiger partial charge is 0.353 e. The lowest BCUT2D eigenvalue weighted by Gasteiger charge is -2.37. The van der Waals surface area contributed by atoms with Gasteiger partial charge in [0.15, 0.2) is 0 Å². The second-order valence-electron chi connectivity index (χ2n) is 8.01. The Morgan fingerprint density at radius 1 is 1.03 bits per heavy atom. The van der Waals surface area contributed by atoms with Crippen LogP contribution in [0.25, 0.3) is 11.0 Å². The van der Waals surface area contributed by atoms with Gasteiger partial charge in [0, 0.05) is 43.9 Å². The number of nitrogens with zero attached hydrogens (tertiary/aromatic N) is 6. The summed E-state index contributed by atoms with van der Waals surface area (Å²) in [7, 11) is 0. The highest BCUT2D eigenvalue weighted by atomic mass is 16.2. The summed E-state index contributed by atoms with van der Waals surface area (Å²) in [5.41, 5.74) is 2.89. The summed E-state index contributed by atoms with van der Waals surface area (Å²) in [6.45, 7) is 11.1. The minimum Gasteiger partial charge on any atom is -0.353 e. The van der Waals surface area contributed by atoms with E-state index >= 15 is 0 Å². The number of imidazole rings is 1. The maximum Gasteiger partial charge on any atom is 0.245 e.